The maximum Gasteiger partial charge on any atom is 0.242 e. The Hall–Kier alpha value is -2.10. The van der Waals surface area contributed by atoms with Crippen molar-refractivity contribution >= 4 is 55.1 Å². The number of carbonyl (C=O) groups is 2. The van der Waals surface area contributed by atoms with Gasteiger partial charge in [-0.05, 0) is 62.1 Å². The summed E-state index contributed by atoms with van der Waals surface area (Å²) in [6.07, 6.45) is 6.84. The van der Waals surface area contributed by atoms with Gasteiger partial charge in [0.1, 0.15) is 6.04 Å². The van der Waals surface area contributed by atoms with Gasteiger partial charge in [0.25, 0.3) is 0 Å². The van der Waals surface area contributed by atoms with Crippen molar-refractivity contribution in [3.05, 3.63) is 63.6 Å². The van der Waals surface area contributed by atoms with Crippen molar-refractivity contribution in [2.45, 2.75) is 70.5 Å². The second-order valence-electron chi connectivity index (χ2n) is 9.59. The maximum absolute atomic E-state index is 13.4. The Balaban J connectivity index is 1.71. The third kappa shape index (κ3) is 9.00. The van der Waals surface area contributed by atoms with E-state index in [0.717, 1.165) is 42.0 Å². The first-order valence-electron chi connectivity index (χ1n) is 12.6. The van der Waals surface area contributed by atoms with Crippen LogP contribution in [0.3, 0.4) is 0 Å². The molecule has 0 bridgehead atoms. The molecular weight excluding hydrogens is 578 g/mol. The molecule has 2 aromatic rings. The number of sulfonamides is 1. The SMILES string of the molecule is CC(C(=O)NC1CCCCC1)N(Cc1cccc(Br)c1)C(=O)CCCN(c1cccc(Cl)c1)S(C)(=O)=O. The Morgan fingerprint density at radius 1 is 1.11 bits per heavy atom. The van der Waals surface area contributed by atoms with E-state index in [4.69, 9.17) is 11.6 Å². The van der Waals surface area contributed by atoms with Crippen LogP contribution in [0.15, 0.2) is 53.0 Å². The van der Waals surface area contributed by atoms with Gasteiger partial charge in [0, 0.05) is 35.0 Å². The lowest BCUT2D eigenvalue weighted by atomic mass is 9.95. The number of carbonyl (C=O) groups excluding carboxylic acids is 2. The van der Waals surface area contributed by atoms with E-state index in [1.54, 1.807) is 36.1 Å². The number of halogens is 2. The highest BCUT2D eigenvalue weighted by Crippen LogP contribution is 2.23. The monoisotopic (exact) mass is 611 g/mol. The normalized spacial score (nSPS) is 15.1. The minimum atomic E-state index is -3.57. The minimum Gasteiger partial charge on any atom is -0.352 e. The molecule has 2 aromatic carbocycles. The van der Waals surface area contributed by atoms with Crippen molar-refractivity contribution in [3.8, 4) is 0 Å². The van der Waals surface area contributed by atoms with Crippen LogP contribution in [0.2, 0.25) is 5.02 Å². The van der Waals surface area contributed by atoms with Gasteiger partial charge in [-0.1, -0.05) is 65.0 Å². The molecule has 1 saturated carbocycles. The molecule has 1 fully saturated rings. The van der Waals surface area contributed by atoms with Crippen molar-refractivity contribution in [1.82, 2.24) is 10.2 Å². The quantitative estimate of drug-likeness (QED) is 0.362. The van der Waals surface area contributed by atoms with Crippen LogP contribution in [-0.2, 0) is 26.2 Å². The lowest BCUT2D eigenvalue weighted by molar-refractivity contribution is -0.141. The molecule has 0 aromatic heterocycles. The topological polar surface area (TPSA) is 86.8 Å². The Labute approximate surface area is 233 Å². The molecular formula is C27H35BrClN3O4S. The molecule has 0 saturated heterocycles. The van der Waals surface area contributed by atoms with E-state index < -0.39 is 16.1 Å². The van der Waals surface area contributed by atoms with E-state index in [9.17, 15) is 18.0 Å². The summed E-state index contributed by atoms with van der Waals surface area (Å²) in [5.41, 5.74) is 1.35. The molecule has 7 nitrogen and oxygen atoms in total. The fourth-order valence-corrected chi connectivity index (χ4v) is 6.21. The summed E-state index contributed by atoms with van der Waals surface area (Å²) in [7, 11) is -3.57. The summed E-state index contributed by atoms with van der Waals surface area (Å²) in [6, 6.07) is 13.8. The highest BCUT2D eigenvalue weighted by atomic mass is 79.9. The van der Waals surface area contributed by atoms with Crippen LogP contribution in [-0.4, -0.2) is 50.0 Å². The Kier molecular flexibility index (Phi) is 10.8. The highest BCUT2D eigenvalue weighted by molar-refractivity contribution is 9.10. The zero-order valence-electron chi connectivity index (χ0n) is 21.3. The molecule has 0 aliphatic heterocycles. The van der Waals surface area contributed by atoms with Crippen LogP contribution in [0.5, 0.6) is 0 Å². The molecule has 1 atom stereocenters. The third-order valence-corrected chi connectivity index (χ3v) is 8.53. The molecule has 37 heavy (non-hydrogen) atoms. The molecule has 1 unspecified atom stereocenters. The summed E-state index contributed by atoms with van der Waals surface area (Å²) < 4.78 is 27.0. The predicted molar refractivity (Wildman–Crippen MR) is 152 cm³/mol. The largest absolute Gasteiger partial charge is 0.352 e. The smallest absolute Gasteiger partial charge is 0.242 e. The molecule has 1 N–H and O–H groups in total. The second-order valence-corrected chi connectivity index (χ2v) is 12.8. The van der Waals surface area contributed by atoms with Crippen molar-refractivity contribution in [2.24, 2.45) is 0 Å². The Morgan fingerprint density at radius 3 is 2.46 bits per heavy atom. The van der Waals surface area contributed by atoms with Gasteiger partial charge in [-0.3, -0.25) is 13.9 Å². The van der Waals surface area contributed by atoms with Gasteiger partial charge < -0.3 is 10.2 Å². The predicted octanol–water partition coefficient (Wildman–Crippen LogP) is 5.51. The van der Waals surface area contributed by atoms with E-state index in [0.29, 0.717) is 17.1 Å². The van der Waals surface area contributed by atoms with E-state index in [1.165, 1.54) is 10.7 Å². The van der Waals surface area contributed by atoms with Crippen LogP contribution in [0, 0.1) is 0 Å². The molecule has 10 heteroatoms. The first kappa shape index (κ1) is 29.5. The van der Waals surface area contributed by atoms with Crippen LogP contribution < -0.4 is 9.62 Å². The first-order valence-corrected chi connectivity index (χ1v) is 15.6. The number of benzene rings is 2. The summed E-state index contributed by atoms with van der Waals surface area (Å²) in [4.78, 5) is 28.2. The first-order chi connectivity index (χ1) is 17.5. The molecule has 0 spiro atoms. The van der Waals surface area contributed by atoms with Crippen LogP contribution in [0.4, 0.5) is 5.69 Å². The zero-order valence-corrected chi connectivity index (χ0v) is 24.5. The van der Waals surface area contributed by atoms with Crippen molar-refractivity contribution in [2.75, 3.05) is 17.1 Å². The summed E-state index contributed by atoms with van der Waals surface area (Å²) >= 11 is 9.53. The van der Waals surface area contributed by atoms with Gasteiger partial charge >= 0.3 is 0 Å². The van der Waals surface area contributed by atoms with Crippen molar-refractivity contribution < 1.29 is 18.0 Å². The molecule has 0 heterocycles. The fourth-order valence-electron chi connectivity index (χ4n) is 4.62. The molecule has 1 aliphatic carbocycles. The number of amides is 2. The summed E-state index contributed by atoms with van der Waals surface area (Å²) in [6.45, 7) is 2.16. The fraction of sp³-hybridized carbons (Fsp3) is 0.481. The molecule has 2 amide bonds. The molecule has 0 radical (unpaired) electrons. The van der Waals surface area contributed by atoms with Crippen LogP contribution >= 0.6 is 27.5 Å². The molecule has 3 rings (SSSR count). The number of anilines is 1. The van der Waals surface area contributed by atoms with Gasteiger partial charge in [-0.2, -0.15) is 0 Å². The van der Waals surface area contributed by atoms with Gasteiger partial charge in [-0.15, -0.1) is 0 Å². The standard InChI is InChI=1S/C27H35BrClN3O4S/c1-20(27(34)30-24-12-4-3-5-13-24)31(19-21-9-6-10-22(28)17-21)26(33)15-8-16-32(37(2,35)36)25-14-7-11-23(29)18-25/h6-7,9-11,14,17-18,20,24H,3-5,8,12-13,15-16,19H2,1-2H3,(H,30,34). The minimum absolute atomic E-state index is 0.0988. The van der Waals surface area contributed by atoms with E-state index in [-0.39, 0.29) is 37.4 Å². The zero-order chi connectivity index (χ0) is 27.0. The van der Waals surface area contributed by atoms with Gasteiger partial charge in [0.15, 0.2) is 0 Å². The Bertz CT molecular complexity index is 1190. The Morgan fingerprint density at radius 2 is 1.81 bits per heavy atom. The molecule has 202 valence electrons. The van der Waals surface area contributed by atoms with Crippen LogP contribution in [0.1, 0.15) is 57.4 Å². The maximum atomic E-state index is 13.4. The second kappa shape index (κ2) is 13.6. The summed E-state index contributed by atoms with van der Waals surface area (Å²) in [5.74, 6) is -0.363. The van der Waals surface area contributed by atoms with Gasteiger partial charge in [0.05, 0.1) is 11.9 Å². The van der Waals surface area contributed by atoms with E-state index in [1.807, 2.05) is 24.3 Å². The number of nitrogens with one attached hydrogen (secondary N) is 1. The average molecular weight is 613 g/mol. The highest BCUT2D eigenvalue weighted by Gasteiger charge is 2.28. The van der Waals surface area contributed by atoms with E-state index >= 15 is 0 Å². The van der Waals surface area contributed by atoms with Crippen LogP contribution in [0.25, 0.3) is 0 Å². The van der Waals surface area contributed by atoms with Crippen molar-refractivity contribution in [1.29, 1.82) is 0 Å². The van der Waals surface area contributed by atoms with Gasteiger partial charge in [0.2, 0.25) is 21.8 Å². The molecule has 1 aliphatic rings. The lowest BCUT2D eigenvalue weighted by Crippen LogP contribution is -2.50. The van der Waals surface area contributed by atoms with Gasteiger partial charge in [-0.25, -0.2) is 8.42 Å². The lowest BCUT2D eigenvalue weighted by Gasteiger charge is -2.31. The van der Waals surface area contributed by atoms with E-state index in [2.05, 4.69) is 21.2 Å². The van der Waals surface area contributed by atoms with Crippen molar-refractivity contribution in [3.63, 3.8) is 0 Å². The number of nitrogens with zero attached hydrogens (tertiary/aromatic N) is 2. The average Bonchev–Trinajstić information content (AvgIpc) is 2.84. The number of rotatable bonds is 11. The third-order valence-electron chi connectivity index (χ3n) is 6.61. The number of hydrogen-bond acceptors (Lipinski definition) is 4. The number of hydrogen-bond donors (Lipinski definition) is 1. The summed E-state index contributed by atoms with van der Waals surface area (Å²) in [5, 5.41) is 3.56.